The van der Waals surface area contributed by atoms with E-state index in [0.717, 1.165) is 25.7 Å². The van der Waals surface area contributed by atoms with Gasteiger partial charge in [-0.2, -0.15) is 0 Å². The van der Waals surface area contributed by atoms with Crippen LogP contribution in [0.1, 0.15) is 26.7 Å². The van der Waals surface area contributed by atoms with Crippen LogP contribution in [0.25, 0.3) is 0 Å². The van der Waals surface area contributed by atoms with Crippen LogP contribution in [-0.2, 0) is 4.74 Å². The van der Waals surface area contributed by atoms with Crippen LogP contribution in [0.15, 0.2) is 0 Å². The molecule has 84 valence electrons. The molecular weight excluding hydrogens is 198 g/mol. The molecule has 0 radical (unpaired) electrons. The van der Waals surface area contributed by atoms with E-state index in [1.165, 1.54) is 12.8 Å². The molecule has 1 rings (SSSR count). The molecule has 1 unspecified atom stereocenters. The van der Waals surface area contributed by atoms with Crippen LogP contribution < -0.4 is 5.32 Å². The minimum atomic E-state index is 0.458. The highest BCUT2D eigenvalue weighted by Crippen LogP contribution is 2.14. The monoisotopic (exact) mass is 219 g/mol. The maximum Gasteiger partial charge on any atom is 0.0469 e. The summed E-state index contributed by atoms with van der Waals surface area (Å²) in [5.74, 6) is 2.11. The van der Waals surface area contributed by atoms with Crippen molar-refractivity contribution in [2.45, 2.75) is 32.7 Å². The molecule has 1 heterocycles. The van der Waals surface area contributed by atoms with Gasteiger partial charge >= 0.3 is 0 Å². The third-order valence-corrected chi connectivity index (χ3v) is 3.31. The summed E-state index contributed by atoms with van der Waals surface area (Å²) >= 11 is 5.89. The first-order valence-corrected chi connectivity index (χ1v) is 6.14. The maximum atomic E-state index is 5.89. The van der Waals surface area contributed by atoms with Gasteiger partial charge < -0.3 is 10.1 Å². The van der Waals surface area contributed by atoms with Crippen LogP contribution in [0.4, 0.5) is 0 Å². The SMILES string of the molecule is CC(C)C(CCl)NCC1CCOCC1. The molecule has 0 aromatic heterocycles. The fourth-order valence-corrected chi connectivity index (χ4v) is 2.20. The Labute approximate surface area is 92.3 Å². The van der Waals surface area contributed by atoms with Crippen molar-refractivity contribution < 1.29 is 4.74 Å². The van der Waals surface area contributed by atoms with Crippen molar-refractivity contribution >= 4 is 11.6 Å². The Balaban J connectivity index is 2.16. The van der Waals surface area contributed by atoms with Crippen molar-refractivity contribution in [3.05, 3.63) is 0 Å². The van der Waals surface area contributed by atoms with Gasteiger partial charge in [0.25, 0.3) is 0 Å². The second-order valence-electron chi connectivity index (χ2n) is 4.47. The van der Waals surface area contributed by atoms with Gasteiger partial charge in [-0.15, -0.1) is 11.6 Å². The number of alkyl halides is 1. The Kier molecular flexibility index (Phi) is 5.83. The average molecular weight is 220 g/mol. The van der Waals surface area contributed by atoms with Gasteiger partial charge in [0.2, 0.25) is 0 Å². The molecule has 1 N–H and O–H groups in total. The van der Waals surface area contributed by atoms with Gasteiger partial charge in [0.05, 0.1) is 0 Å². The van der Waals surface area contributed by atoms with E-state index in [4.69, 9.17) is 16.3 Å². The van der Waals surface area contributed by atoms with Crippen molar-refractivity contribution in [2.75, 3.05) is 25.6 Å². The summed E-state index contributed by atoms with van der Waals surface area (Å²) in [4.78, 5) is 0. The van der Waals surface area contributed by atoms with Gasteiger partial charge in [-0.1, -0.05) is 13.8 Å². The summed E-state index contributed by atoms with van der Waals surface area (Å²) in [7, 11) is 0. The normalized spacial score (nSPS) is 21.4. The van der Waals surface area contributed by atoms with Crippen molar-refractivity contribution in [2.24, 2.45) is 11.8 Å². The number of hydrogen-bond acceptors (Lipinski definition) is 2. The smallest absolute Gasteiger partial charge is 0.0469 e. The molecule has 0 aromatic rings. The highest BCUT2D eigenvalue weighted by Gasteiger charge is 2.17. The molecule has 0 bridgehead atoms. The third-order valence-electron chi connectivity index (χ3n) is 2.98. The minimum Gasteiger partial charge on any atom is -0.381 e. The zero-order valence-electron chi connectivity index (χ0n) is 9.26. The van der Waals surface area contributed by atoms with E-state index in [1.807, 2.05) is 0 Å². The molecule has 1 aliphatic rings. The summed E-state index contributed by atoms with van der Waals surface area (Å²) in [6, 6.07) is 0.458. The molecule has 1 saturated heterocycles. The molecule has 0 saturated carbocycles. The van der Waals surface area contributed by atoms with Crippen LogP contribution in [-0.4, -0.2) is 31.7 Å². The third kappa shape index (κ3) is 4.16. The fraction of sp³-hybridized carbons (Fsp3) is 1.00. The zero-order chi connectivity index (χ0) is 10.4. The van der Waals surface area contributed by atoms with Crippen LogP contribution >= 0.6 is 11.6 Å². The second kappa shape index (κ2) is 6.65. The topological polar surface area (TPSA) is 21.3 Å². The molecule has 14 heavy (non-hydrogen) atoms. The van der Waals surface area contributed by atoms with Gasteiger partial charge in [0.1, 0.15) is 0 Å². The Morgan fingerprint density at radius 2 is 2.00 bits per heavy atom. The van der Waals surface area contributed by atoms with Crippen molar-refractivity contribution in [1.82, 2.24) is 5.32 Å². The van der Waals surface area contributed by atoms with Crippen molar-refractivity contribution in [3.63, 3.8) is 0 Å². The lowest BCUT2D eigenvalue weighted by atomic mass is 9.99. The first kappa shape index (κ1) is 12.3. The van der Waals surface area contributed by atoms with Gasteiger partial charge in [-0.3, -0.25) is 0 Å². The van der Waals surface area contributed by atoms with Gasteiger partial charge in [0, 0.05) is 25.1 Å². The molecule has 2 nitrogen and oxygen atoms in total. The largest absolute Gasteiger partial charge is 0.381 e. The lowest BCUT2D eigenvalue weighted by molar-refractivity contribution is 0.0652. The lowest BCUT2D eigenvalue weighted by Crippen LogP contribution is -2.39. The second-order valence-corrected chi connectivity index (χ2v) is 4.78. The summed E-state index contributed by atoms with van der Waals surface area (Å²) in [5.41, 5.74) is 0. The molecule has 1 aliphatic heterocycles. The number of ether oxygens (including phenoxy) is 1. The molecule has 1 atom stereocenters. The molecule has 0 spiro atoms. The van der Waals surface area contributed by atoms with Crippen LogP contribution in [0.3, 0.4) is 0 Å². The van der Waals surface area contributed by atoms with Crippen LogP contribution in [0.2, 0.25) is 0 Å². The van der Waals surface area contributed by atoms with Crippen LogP contribution in [0, 0.1) is 11.8 Å². The number of rotatable bonds is 5. The quantitative estimate of drug-likeness (QED) is 0.717. The Hall–Kier alpha value is 0.210. The molecule has 3 heteroatoms. The van der Waals surface area contributed by atoms with Crippen molar-refractivity contribution in [3.8, 4) is 0 Å². The predicted molar refractivity (Wildman–Crippen MR) is 60.9 cm³/mol. The first-order valence-electron chi connectivity index (χ1n) is 5.61. The van der Waals surface area contributed by atoms with E-state index in [0.29, 0.717) is 17.8 Å². The Morgan fingerprint density at radius 3 is 2.50 bits per heavy atom. The number of halogens is 1. The van der Waals surface area contributed by atoms with E-state index in [2.05, 4.69) is 19.2 Å². The van der Waals surface area contributed by atoms with Gasteiger partial charge in [0.15, 0.2) is 0 Å². The Bertz CT molecular complexity index is 146. The van der Waals surface area contributed by atoms with Crippen molar-refractivity contribution in [1.29, 1.82) is 0 Å². The molecular formula is C11H22ClNO. The summed E-state index contributed by atoms with van der Waals surface area (Å²) in [6.07, 6.45) is 2.39. The maximum absolute atomic E-state index is 5.89. The van der Waals surface area contributed by atoms with Crippen LogP contribution in [0.5, 0.6) is 0 Å². The van der Waals surface area contributed by atoms with E-state index in [-0.39, 0.29) is 0 Å². The minimum absolute atomic E-state index is 0.458. The molecule has 0 amide bonds. The van der Waals surface area contributed by atoms with E-state index in [1.54, 1.807) is 0 Å². The zero-order valence-corrected chi connectivity index (χ0v) is 10.0. The number of hydrogen-bond donors (Lipinski definition) is 1. The highest BCUT2D eigenvalue weighted by molar-refractivity contribution is 6.18. The van der Waals surface area contributed by atoms with E-state index in [9.17, 15) is 0 Å². The van der Waals surface area contributed by atoms with Gasteiger partial charge in [-0.05, 0) is 31.2 Å². The van der Waals surface area contributed by atoms with Gasteiger partial charge in [-0.25, -0.2) is 0 Å². The molecule has 1 fully saturated rings. The fourth-order valence-electron chi connectivity index (χ4n) is 1.74. The summed E-state index contributed by atoms with van der Waals surface area (Å²) < 4.78 is 5.33. The summed E-state index contributed by atoms with van der Waals surface area (Å²) in [6.45, 7) is 7.38. The predicted octanol–water partition coefficient (Wildman–Crippen LogP) is 2.27. The lowest BCUT2D eigenvalue weighted by Gasteiger charge is -2.26. The number of nitrogens with one attached hydrogen (secondary N) is 1. The average Bonchev–Trinajstić information content (AvgIpc) is 2.20. The van der Waals surface area contributed by atoms with E-state index >= 15 is 0 Å². The summed E-state index contributed by atoms with van der Waals surface area (Å²) in [5, 5.41) is 3.55. The Morgan fingerprint density at radius 1 is 1.36 bits per heavy atom. The standard InChI is InChI=1S/C11H22ClNO/c1-9(2)11(7-12)13-8-10-3-5-14-6-4-10/h9-11,13H,3-8H2,1-2H3. The first-order chi connectivity index (χ1) is 6.74. The highest BCUT2D eigenvalue weighted by atomic mass is 35.5. The molecule has 0 aliphatic carbocycles. The van der Waals surface area contributed by atoms with E-state index < -0.39 is 0 Å². The molecule has 0 aromatic carbocycles.